The van der Waals surface area contributed by atoms with E-state index in [4.69, 9.17) is 15.9 Å². The number of benzene rings is 1. The lowest BCUT2D eigenvalue weighted by atomic mass is 10.2. The quantitative estimate of drug-likeness (QED) is 0.653. The van der Waals surface area contributed by atoms with Gasteiger partial charge in [0, 0.05) is 18.8 Å². The van der Waals surface area contributed by atoms with Crippen LogP contribution >= 0.6 is 12.4 Å². The smallest absolute Gasteiger partial charge is 0.130 e. The summed E-state index contributed by atoms with van der Waals surface area (Å²) in [6.07, 6.45) is 3.63. The van der Waals surface area contributed by atoms with Crippen LogP contribution in [-0.2, 0) is 13.7 Å². The van der Waals surface area contributed by atoms with E-state index in [1.807, 2.05) is 25.4 Å². The van der Waals surface area contributed by atoms with Gasteiger partial charge in [-0.05, 0) is 12.1 Å². The highest BCUT2D eigenvalue weighted by Gasteiger charge is 2.06. The van der Waals surface area contributed by atoms with Crippen molar-refractivity contribution >= 4 is 18.2 Å². The van der Waals surface area contributed by atoms with Gasteiger partial charge in [0.2, 0.25) is 0 Å². The van der Waals surface area contributed by atoms with Gasteiger partial charge in [-0.1, -0.05) is 12.1 Å². The summed E-state index contributed by atoms with van der Waals surface area (Å²) in [7, 11) is 1.85. The molecule has 0 bridgehead atoms. The summed E-state index contributed by atoms with van der Waals surface area (Å²) in [6.45, 7) is 0.415. The van der Waals surface area contributed by atoms with Crippen molar-refractivity contribution in [3.8, 4) is 5.75 Å². The number of nitrogen functional groups attached to an aromatic ring is 1. The maximum absolute atomic E-state index is 7.44. The van der Waals surface area contributed by atoms with E-state index in [-0.39, 0.29) is 18.2 Å². The molecule has 96 valence electrons. The molecule has 0 saturated carbocycles. The molecule has 2 rings (SSSR count). The second-order valence-electron chi connectivity index (χ2n) is 3.72. The second kappa shape index (κ2) is 6.07. The van der Waals surface area contributed by atoms with Gasteiger partial charge in [-0.25, -0.2) is 0 Å². The molecule has 0 amide bonds. The zero-order valence-corrected chi connectivity index (χ0v) is 10.8. The van der Waals surface area contributed by atoms with Gasteiger partial charge in [-0.2, -0.15) is 5.10 Å². The summed E-state index contributed by atoms with van der Waals surface area (Å²) in [6, 6.07) is 7.24. The third kappa shape index (κ3) is 3.24. The number of hydrogen-bond acceptors (Lipinski definition) is 3. The topological polar surface area (TPSA) is 76.9 Å². The Hall–Kier alpha value is -2.01. The first kappa shape index (κ1) is 14.1. The van der Waals surface area contributed by atoms with E-state index in [2.05, 4.69) is 5.10 Å². The predicted molar refractivity (Wildman–Crippen MR) is 72.2 cm³/mol. The number of aromatic nitrogens is 2. The van der Waals surface area contributed by atoms with E-state index in [0.717, 1.165) is 5.56 Å². The molecule has 0 atom stereocenters. The van der Waals surface area contributed by atoms with Crippen molar-refractivity contribution in [1.29, 1.82) is 5.41 Å². The predicted octanol–water partition coefficient (Wildman–Crippen LogP) is 1.70. The minimum atomic E-state index is 0. The van der Waals surface area contributed by atoms with E-state index in [1.165, 1.54) is 0 Å². The number of nitrogens with two attached hydrogens (primary N) is 1. The monoisotopic (exact) mass is 266 g/mol. The van der Waals surface area contributed by atoms with E-state index in [1.54, 1.807) is 23.0 Å². The fraction of sp³-hybridized carbons (Fsp3) is 0.167. The Kier molecular flexibility index (Phi) is 4.74. The zero-order chi connectivity index (χ0) is 12.3. The molecule has 5 nitrogen and oxygen atoms in total. The number of nitrogens with one attached hydrogen (secondary N) is 1. The minimum absolute atomic E-state index is 0. The third-order valence-electron chi connectivity index (χ3n) is 2.33. The van der Waals surface area contributed by atoms with E-state index < -0.39 is 0 Å². The molecule has 0 radical (unpaired) electrons. The number of halogens is 1. The number of amidine groups is 1. The summed E-state index contributed by atoms with van der Waals surface area (Å²) in [5.74, 6) is 0.621. The number of aryl methyl sites for hydroxylation is 1. The van der Waals surface area contributed by atoms with Crippen LogP contribution in [0, 0.1) is 5.41 Å². The molecular formula is C12H15ClN4O. The summed E-state index contributed by atoms with van der Waals surface area (Å²) in [5.41, 5.74) is 7.06. The molecule has 1 heterocycles. The molecule has 0 spiro atoms. The summed E-state index contributed by atoms with van der Waals surface area (Å²) < 4.78 is 7.34. The minimum Gasteiger partial charge on any atom is -0.488 e. The average Bonchev–Trinajstić information content (AvgIpc) is 2.73. The maximum Gasteiger partial charge on any atom is 0.130 e. The van der Waals surface area contributed by atoms with Gasteiger partial charge in [0.15, 0.2) is 0 Å². The molecule has 1 aromatic heterocycles. The van der Waals surface area contributed by atoms with Crippen molar-refractivity contribution in [2.24, 2.45) is 12.8 Å². The largest absolute Gasteiger partial charge is 0.488 e. The van der Waals surface area contributed by atoms with Crippen molar-refractivity contribution in [1.82, 2.24) is 9.78 Å². The summed E-state index contributed by atoms with van der Waals surface area (Å²) in [5, 5.41) is 11.5. The average molecular weight is 267 g/mol. The van der Waals surface area contributed by atoms with Gasteiger partial charge in [-0.15, -0.1) is 12.4 Å². The Morgan fingerprint density at radius 3 is 2.78 bits per heavy atom. The summed E-state index contributed by atoms with van der Waals surface area (Å²) >= 11 is 0. The first-order valence-electron chi connectivity index (χ1n) is 5.20. The molecule has 0 aliphatic rings. The van der Waals surface area contributed by atoms with Gasteiger partial charge in [0.1, 0.15) is 18.2 Å². The van der Waals surface area contributed by atoms with E-state index in [0.29, 0.717) is 17.9 Å². The van der Waals surface area contributed by atoms with Crippen molar-refractivity contribution in [3.63, 3.8) is 0 Å². The molecule has 0 saturated heterocycles. The van der Waals surface area contributed by atoms with Crippen LogP contribution in [0.3, 0.4) is 0 Å². The van der Waals surface area contributed by atoms with E-state index >= 15 is 0 Å². The van der Waals surface area contributed by atoms with Crippen molar-refractivity contribution < 1.29 is 4.74 Å². The van der Waals surface area contributed by atoms with Gasteiger partial charge in [0.05, 0.1) is 11.8 Å². The van der Waals surface area contributed by atoms with E-state index in [9.17, 15) is 0 Å². The normalized spacial score (nSPS) is 9.61. The molecule has 0 fully saturated rings. The lowest BCUT2D eigenvalue weighted by Gasteiger charge is -2.09. The van der Waals surface area contributed by atoms with Crippen molar-refractivity contribution in [2.45, 2.75) is 6.61 Å². The van der Waals surface area contributed by atoms with Crippen LogP contribution < -0.4 is 10.5 Å². The zero-order valence-electron chi connectivity index (χ0n) is 9.96. The van der Waals surface area contributed by atoms with Crippen LogP contribution in [-0.4, -0.2) is 15.6 Å². The lowest BCUT2D eigenvalue weighted by Crippen LogP contribution is -2.12. The van der Waals surface area contributed by atoms with Crippen LogP contribution in [0.25, 0.3) is 0 Å². The van der Waals surface area contributed by atoms with Crippen LogP contribution in [0.5, 0.6) is 5.75 Å². The Morgan fingerprint density at radius 1 is 1.44 bits per heavy atom. The van der Waals surface area contributed by atoms with Gasteiger partial charge >= 0.3 is 0 Å². The number of para-hydroxylation sites is 1. The standard InChI is InChI=1S/C12H14N4O.ClH/c1-16-7-9(6-15-16)8-17-11-5-3-2-4-10(11)12(13)14;/h2-7H,8H2,1H3,(H3,13,14);1H. The van der Waals surface area contributed by atoms with Crippen LogP contribution in [0.2, 0.25) is 0 Å². The molecule has 1 aromatic carbocycles. The van der Waals surface area contributed by atoms with Gasteiger partial charge in [-0.3, -0.25) is 10.1 Å². The van der Waals surface area contributed by atoms with Gasteiger partial charge in [0.25, 0.3) is 0 Å². The Morgan fingerprint density at radius 2 is 2.17 bits per heavy atom. The van der Waals surface area contributed by atoms with Crippen LogP contribution in [0.4, 0.5) is 0 Å². The fourth-order valence-corrected chi connectivity index (χ4v) is 1.52. The maximum atomic E-state index is 7.44. The highest BCUT2D eigenvalue weighted by Crippen LogP contribution is 2.18. The molecule has 6 heteroatoms. The van der Waals surface area contributed by atoms with Gasteiger partial charge < -0.3 is 10.5 Å². The first-order chi connectivity index (χ1) is 8.16. The molecular weight excluding hydrogens is 252 g/mol. The highest BCUT2D eigenvalue weighted by atomic mass is 35.5. The fourth-order valence-electron chi connectivity index (χ4n) is 1.52. The van der Waals surface area contributed by atoms with Crippen molar-refractivity contribution in [2.75, 3.05) is 0 Å². The number of nitrogens with zero attached hydrogens (tertiary/aromatic N) is 2. The Balaban J connectivity index is 0.00000162. The number of ether oxygens (including phenoxy) is 1. The molecule has 0 unspecified atom stereocenters. The van der Waals surface area contributed by atoms with Crippen LogP contribution in [0.15, 0.2) is 36.7 Å². The number of hydrogen-bond donors (Lipinski definition) is 2. The molecule has 0 aliphatic carbocycles. The third-order valence-corrected chi connectivity index (χ3v) is 2.33. The molecule has 0 aliphatic heterocycles. The molecule has 3 N–H and O–H groups in total. The SMILES string of the molecule is Cl.Cn1cc(COc2ccccc2C(=N)N)cn1. The lowest BCUT2D eigenvalue weighted by molar-refractivity contribution is 0.305. The molecule has 2 aromatic rings. The summed E-state index contributed by atoms with van der Waals surface area (Å²) in [4.78, 5) is 0. The highest BCUT2D eigenvalue weighted by molar-refractivity contribution is 5.97. The molecule has 18 heavy (non-hydrogen) atoms. The first-order valence-corrected chi connectivity index (χ1v) is 5.20. The second-order valence-corrected chi connectivity index (χ2v) is 3.72. The van der Waals surface area contributed by atoms with Crippen LogP contribution in [0.1, 0.15) is 11.1 Å². The Bertz CT molecular complexity index is 538. The Labute approximate surface area is 111 Å². The van der Waals surface area contributed by atoms with Crippen molar-refractivity contribution in [3.05, 3.63) is 47.8 Å². The number of rotatable bonds is 4.